The molecule has 2 aromatic carbocycles. The molecular formula is C27H38N2O6. The summed E-state index contributed by atoms with van der Waals surface area (Å²) in [6.07, 6.45) is 2.03. The van der Waals surface area contributed by atoms with Crippen LogP contribution < -0.4 is 18.9 Å². The molecule has 35 heavy (non-hydrogen) atoms. The Balaban J connectivity index is 1.47. The number of amides is 1. The van der Waals surface area contributed by atoms with Crippen LogP contribution in [0.25, 0.3) is 0 Å². The summed E-state index contributed by atoms with van der Waals surface area (Å²) in [5.74, 6) is 2.81. The Morgan fingerprint density at radius 3 is 2.23 bits per heavy atom. The van der Waals surface area contributed by atoms with Crippen LogP contribution in [0.1, 0.15) is 23.1 Å². The Labute approximate surface area is 208 Å². The number of carbonyl (C=O) groups is 1. The van der Waals surface area contributed by atoms with Gasteiger partial charge in [0.25, 0.3) is 0 Å². The summed E-state index contributed by atoms with van der Waals surface area (Å²) in [6.45, 7) is 2.72. The molecule has 1 amide bonds. The Kier molecular flexibility index (Phi) is 9.63. The van der Waals surface area contributed by atoms with Gasteiger partial charge in [0.15, 0.2) is 23.0 Å². The number of hydrogen-bond donors (Lipinski definition) is 1. The number of aliphatic hydroxyl groups is 1. The minimum absolute atomic E-state index is 0.132. The second kappa shape index (κ2) is 12.7. The Hall–Kier alpha value is -2.97. The van der Waals surface area contributed by atoms with Crippen molar-refractivity contribution in [2.75, 3.05) is 61.7 Å². The maximum Gasteiger partial charge on any atom is 0.227 e. The lowest BCUT2D eigenvalue weighted by atomic mass is 10.0. The molecular weight excluding hydrogens is 448 g/mol. The number of aliphatic hydroxyl groups excluding tert-OH is 1. The van der Waals surface area contributed by atoms with Crippen molar-refractivity contribution in [2.24, 2.45) is 0 Å². The van der Waals surface area contributed by atoms with Gasteiger partial charge in [-0.15, -0.1) is 0 Å². The number of fused-ring (bicyclic) bond motifs is 1. The maximum absolute atomic E-state index is 12.9. The summed E-state index contributed by atoms with van der Waals surface area (Å²) in [7, 11) is 8.44. The zero-order chi connectivity index (χ0) is 25.4. The quantitative estimate of drug-likeness (QED) is 0.494. The van der Waals surface area contributed by atoms with E-state index in [1.807, 2.05) is 42.3 Å². The molecule has 0 fully saturated rings. The Morgan fingerprint density at radius 2 is 1.57 bits per heavy atom. The smallest absolute Gasteiger partial charge is 0.227 e. The van der Waals surface area contributed by atoms with Gasteiger partial charge in [-0.2, -0.15) is 0 Å². The van der Waals surface area contributed by atoms with Crippen molar-refractivity contribution in [3.8, 4) is 23.0 Å². The first-order valence-electron chi connectivity index (χ1n) is 12.0. The molecule has 192 valence electrons. The van der Waals surface area contributed by atoms with Gasteiger partial charge in [-0.05, 0) is 73.8 Å². The molecule has 0 bridgehead atoms. The molecule has 0 saturated heterocycles. The van der Waals surface area contributed by atoms with E-state index in [1.165, 1.54) is 0 Å². The van der Waals surface area contributed by atoms with Crippen LogP contribution in [-0.4, -0.2) is 88.6 Å². The van der Waals surface area contributed by atoms with E-state index in [0.717, 1.165) is 36.1 Å². The third-order valence-electron chi connectivity index (χ3n) is 6.46. The molecule has 0 spiro atoms. The SMILES string of the molecule is COc1ccc(CC(O)CN(C)CCCN2CCc3cc(OC)c(OC)cc3CC2=O)cc1OC. The van der Waals surface area contributed by atoms with Gasteiger partial charge >= 0.3 is 0 Å². The number of likely N-dealkylation sites (N-methyl/N-ethyl adjacent to an activating group) is 1. The molecule has 0 radical (unpaired) electrons. The summed E-state index contributed by atoms with van der Waals surface area (Å²) < 4.78 is 21.4. The molecule has 8 nitrogen and oxygen atoms in total. The van der Waals surface area contributed by atoms with Crippen LogP contribution in [0.5, 0.6) is 23.0 Å². The van der Waals surface area contributed by atoms with Crippen LogP contribution in [0.15, 0.2) is 30.3 Å². The summed E-state index contributed by atoms with van der Waals surface area (Å²) in [6, 6.07) is 9.60. The van der Waals surface area contributed by atoms with Crippen molar-refractivity contribution in [1.29, 1.82) is 0 Å². The highest BCUT2D eigenvalue weighted by Gasteiger charge is 2.22. The molecule has 1 N–H and O–H groups in total. The molecule has 1 aliphatic rings. The predicted octanol–water partition coefficient (Wildman–Crippen LogP) is 2.57. The highest BCUT2D eigenvalue weighted by molar-refractivity contribution is 5.80. The van der Waals surface area contributed by atoms with E-state index in [9.17, 15) is 9.90 Å². The fourth-order valence-electron chi connectivity index (χ4n) is 4.58. The zero-order valence-electron chi connectivity index (χ0n) is 21.5. The van der Waals surface area contributed by atoms with Crippen LogP contribution >= 0.6 is 0 Å². The van der Waals surface area contributed by atoms with E-state index in [1.54, 1.807) is 28.4 Å². The van der Waals surface area contributed by atoms with E-state index >= 15 is 0 Å². The van der Waals surface area contributed by atoms with Crippen LogP contribution in [0.4, 0.5) is 0 Å². The second-order valence-electron chi connectivity index (χ2n) is 8.95. The van der Waals surface area contributed by atoms with Crippen molar-refractivity contribution < 1.29 is 28.8 Å². The lowest BCUT2D eigenvalue weighted by molar-refractivity contribution is -0.130. The number of nitrogens with zero attached hydrogens (tertiary/aromatic N) is 2. The van der Waals surface area contributed by atoms with Crippen molar-refractivity contribution in [3.63, 3.8) is 0 Å². The monoisotopic (exact) mass is 486 g/mol. The first-order chi connectivity index (χ1) is 16.9. The van der Waals surface area contributed by atoms with Crippen LogP contribution in [-0.2, 0) is 24.1 Å². The minimum Gasteiger partial charge on any atom is -0.493 e. The summed E-state index contributed by atoms with van der Waals surface area (Å²) in [4.78, 5) is 16.9. The first-order valence-corrected chi connectivity index (χ1v) is 12.0. The number of rotatable bonds is 12. The van der Waals surface area contributed by atoms with Crippen LogP contribution in [0, 0.1) is 0 Å². The van der Waals surface area contributed by atoms with E-state index < -0.39 is 6.10 Å². The second-order valence-corrected chi connectivity index (χ2v) is 8.95. The van der Waals surface area contributed by atoms with Gasteiger partial charge in [-0.3, -0.25) is 4.79 Å². The van der Waals surface area contributed by atoms with Crippen LogP contribution in [0.2, 0.25) is 0 Å². The number of hydrogen-bond acceptors (Lipinski definition) is 7. The topological polar surface area (TPSA) is 80.7 Å². The van der Waals surface area contributed by atoms with Gasteiger partial charge in [-0.1, -0.05) is 6.07 Å². The zero-order valence-corrected chi connectivity index (χ0v) is 21.5. The molecule has 1 aliphatic heterocycles. The standard InChI is InChI=1S/C27H38N2O6/c1-28(18-22(30)13-19-7-8-23(32-2)24(14-19)33-3)10-6-11-29-12-9-20-15-25(34-4)26(35-5)16-21(20)17-27(29)31/h7-8,14-16,22,30H,6,9-13,17-18H2,1-5H3. The summed E-state index contributed by atoms with van der Waals surface area (Å²) in [5, 5.41) is 10.6. The van der Waals surface area contributed by atoms with Gasteiger partial charge in [0.05, 0.1) is 41.0 Å². The number of methoxy groups -OCH3 is 4. The molecule has 0 saturated carbocycles. The fraction of sp³-hybridized carbons (Fsp3) is 0.519. The molecule has 1 heterocycles. The summed E-state index contributed by atoms with van der Waals surface area (Å²) in [5.41, 5.74) is 3.13. The third-order valence-corrected chi connectivity index (χ3v) is 6.46. The lowest BCUT2D eigenvalue weighted by Crippen LogP contribution is -2.36. The van der Waals surface area contributed by atoms with E-state index in [0.29, 0.717) is 55.5 Å². The number of ether oxygens (including phenoxy) is 4. The minimum atomic E-state index is -0.502. The predicted molar refractivity (Wildman–Crippen MR) is 135 cm³/mol. The Morgan fingerprint density at radius 1 is 0.943 bits per heavy atom. The Bertz CT molecular complexity index is 996. The van der Waals surface area contributed by atoms with Gasteiger partial charge in [-0.25, -0.2) is 0 Å². The van der Waals surface area contributed by atoms with Gasteiger partial charge < -0.3 is 33.9 Å². The molecule has 1 unspecified atom stereocenters. The molecule has 2 aromatic rings. The summed E-state index contributed by atoms with van der Waals surface area (Å²) >= 11 is 0. The fourth-order valence-corrected chi connectivity index (χ4v) is 4.58. The highest BCUT2D eigenvalue weighted by atomic mass is 16.5. The van der Waals surface area contributed by atoms with Crippen molar-refractivity contribution >= 4 is 5.91 Å². The molecule has 1 atom stereocenters. The normalized spacial score (nSPS) is 14.4. The molecule has 8 heteroatoms. The van der Waals surface area contributed by atoms with E-state index in [-0.39, 0.29) is 5.91 Å². The van der Waals surface area contributed by atoms with E-state index in [4.69, 9.17) is 18.9 Å². The van der Waals surface area contributed by atoms with Gasteiger partial charge in [0, 0.05) is 19.6 Å². The van der Waals surface area contributed by atoms with E-state index in [2.05, 4.69) is 4.90 Å². The van der Waals surface area contributed by atoms with Crippen molar-refractivity contribution in [3.05, 3.63) is 47.0 Å². The average Bonchev–Trinajstić information content (AvgIpc) is 3.00. The maximum atomic E-state index is 12.9. The molecule has 3 rings (SSSR count). The largest absolute Gasteiger partial charge is 0.493 e. The number of carbonyl (C=O) groups excluding carboxylic acids is 1. The average molecular weight is 487 g/mol. The molecule has 0 aromatic heterocycles. The van der Waals surface area contributed by atoms with Gasteiger partial charge in [0.1, 0.15) is 0 Å². The van der Waals surface area contributed by atoms with Gasteiger partial charge in [0.2, 0.25) is 5.91 Å². The highest BCUT2D eigenvalue weighted by Crippen LogP contribution is 2.32. The molecule has 0 aliphatic carbocycles. The first kappa shape index (κ1) is 26.6. The van der Waals surface area contributed by atoms with Crippen molar-refractivity contribution in [2.45, 2.75) is 31.8 Å². The van der Waals surface area contributed by atoms with Crippen LogP contribution in [0.3, 0.4) is 0 Å². The third kappa shape index (κ3) is 7.02. The lowest BCUT2D eigenvalue weighted by Gasteiger charge is -2.24. The number of benzene rings is 2. The van der Waals surface area contributed by atoms with Crippen molar-refractivity contribution in [1.82, 2.24) is 9.80 Å².